The van der Waals surface area contributed by atoms with Crippen molar-refractivity contribution in [3.8, 4) is 0 Å². The first kappa shape index (κ1) is 12.8. The van der Waals surface area contributed by atoms with Gasteiger partial charge in [-0.05, 0) is 5.56 Å². The molecule has 0 radical (unpaired) electrons. The lowest BCUT2D eigenvalue weighted by atomic mass is 10.1. The van der Waals surface area contributed by atoms with Crippen molar-refractivity contribution in [2.75, 3.05) is 19.7 Å². The van der Waals surface area contributed by atoms with Gasteiger partial charge >= 0.3 is 6.09 Å². The average Bonchev–Trinajstić information content (AvgIpc) is 2.78. The number of amides is 1. The van der Waals surface area contributed by atoms with Crippen LogP contribution in [-0.2, 0) is 11.3 Å². The molecule has 0 aromatic heterocycles. The van der Waals surface area contributed by atoms with Crippen LogP contribution in [0.25, 0.3) is 0 Å². The van der Waals surface area contributed by atoms with E-state index in [2.05, 4.69) is 0 Å². The van der Waals surface area contributed by atoms with Crippen molar-refractivity contribution in [2.24, 2.45) is 5.92 Å². The molecular weight excluding hydrogens is 237 g/mol. The molecule has 5 heteroatoms. The molecule has 0 saturated carbocycles. The van der Waals surface area contributed by atoms with Crippen molar-refractivity contribution in [1.29, 1.82) is 0 Å². The minimum atomic E-state index is -1.17. The lowest BCUT2D eigenvalue weighted by Crippen LogP contribution is -2.29. The molecule has 0 bridgehead atoms. The van der Waals surface area contributed by atoms with Crippen LogP contribution in [-0.4, -0.2) is 42.0 Å². The fourth-order valence-electron chi connectivity index (χ4n) is 1.96. The molecule has 1 N–H and O–H groups in total. The molecule has 1 fully saturated rings. The molecule has 1 aromatic rings. The van der Waals surface area contributed by atoms with Gasteiger partial charge in [0, 0.05) is 12.5 Å². The van der Waals surface area contributed by atoms with Gasteiger partial charge < -0.3 is 14.7 Å². The molecule has 1 aliphatic rings. The Balaban J connectivity index is 1.82. The van der Waals surface area contributed by atoms with Gasteiger partial charge in [0.25, 0.3) is 0 Å². The lowest BCUT2D eigenvalue weighted by molar-refractivity contribution is 0.101. The number of carbonyl (C=O) groups is 1. The number of hydrogen-bond acceptors (Lipinski definition) is 3. The summed E-state index contributed by atoms with van der Waals surface area (Å²) >= 11 is 0. The number of ether oxygens (including phenoxy) is 1. The van der Waals surface area contributed by atoms with E-state index in [0.29, 0.717) is 0 Å². The topological polar surface area (TPSA) is 49.8 Å². The molecule has 98 valence electrons. The Morgan fingerprint density at radius 1 is 1.39 bits per heavy atom. The molecule has 1 heterocycles. The van der Waals surface area contributed by atoms with Crippen molar-refractivity contribution in [1.82, 2.24) is 4.90 Å². The summed E-state index contributed by atoms with van der Waals surface area (Å²) in [5, 5.41) is 8.93. The number of rotatable bonds is 3. The van der Waals surface area contributed by atoms with Crippen LogP contribution in [0.4, 0.5) is 9.18 Å². The first-order valence-corrected chi connectivity index (χ1v) is 5.91. The van der Waals surface area contributed by atoms with Gasteiger partial charge in [-0.3, -0.25) is 0 Å². The zero-order valence-electron chi connectivity index (χ0n) is 9.96. The van der Waals surface area contributed by atoms with Crippen LogP contribution in [0.15, 0.2) is 30.3 Å². The Kier molecular flexibility index (Phi) is 4.15. The fourth-order valence-corrected chi connectivity index (χ4v) is 1.96. The number of benzene rings is 1. The van der Waals surface area contributed by atoms with Crippen LogP contribution in [0.1, 0.15) is 5.56 Å². The monoisotopic (exact) mass is 253 g/mol. The summed E-state index contributed by atoms with van der Waals surface area (Å²) in [6, 6.07) is 9.31. The van der Waals surface area contributed by atoms with Crippen LogP contribution in [0.2, 0.25) is 0 Å². The maximum atomic E-state index is 13.4. The molecule has 18 heavy (non-hydrogen) atoms. The zero-order valence-corrected chi connectivity index (χ0v) is 9.96. The van der Waals surface area contributed by atoms with Gasteiger partial charge in [0.1, 0.15) is 12.8 Å². The zero-order chi connectivity index (χ0) is 13.0. The van der Waals surface area contributed by atoms with E-state index in [0.717, 1.165) is 5.56 Å². The average molecular weight is 253 g/mol. The quantitative estimate of drug-likeness (QED) is 0.889. The fraction of sp³-hybridized carbons (Fsp3) is 0.462. The predicted molar refractivity (Wildman–Crippen MR) is 63.7 cm³/mol. The Labute approximate surface area is 105 Å². The minimum Gasteiger partial charge on any atom is -0.445 e. The molecule has 4 nitrogen and oxygen atoms in total. The molecule has 0 spiro atoms. The van der Waals surface area contributed by atoms with Gasteiger partial charge in [0.2, 0.25) is 0 Å². The second-order valence-corrected chi connectivity index (χ2v) is 4.40. The molecule has 2 atom stereocenters. The van der Waals surface area contributed by atoms with Gasteiger partial charge in [-0.25, -0.2) is 9.18 Å². The summed E-state index contributed by atoms with van der Waals surface area (Å²) < 4.78 is 18.4. The van der Waals surface area contributed by atoms with Gasteiger partial charge in [-0.15, -0.1) is 0 Å². The number of halogens is 1. The van der Waals surface area contributed by atoms with E-state index in [1.165, 1.54) is 4.90 Å². The molecular formula is C13H16FNO3. The first-order chi connectivity index (χ1) is 8.70. The normalized spacial score (nSPS) is 23.1. The van der Waals surface area contributed by atoms with Gasteiger partial charge in [0.15, 0.2) is 0 Å². The Morgan fingerprint density at radius 2 is 2.11 bits per heavy atom. The Morgan fingerprint density at radius 3 is 2.72 bits per heavy atom. The third-order valence-corrected chi connectivity index (χ3v) is 3.06. The molecule has 1 amide bonds. The molecule has 0 aliphatic carbocycles. The van der Waals surface area contributed by atoms with Crippen LogP contribution in [0.5, 0.6) is 0 Å². The van der Waals surface area contributed by atoms with Crippen molar-refractivity contribution < 1.29 is 19.0 Å². The lowest BCUT2D eigenvalue weighted by Gasteiger charge is -2.15. The van der Waals surface area contributed by atoms with Gasteiger partial charge in [0.05, 0.1) is 13.2 Å². The third-order valence-electron chi connectivity index (χ3n) is 3.06. The smallest absolute Gasteiger partial charge is 0.410 e. The number of aliphatic hydroxyl groups is 1. The Hall–Kier alpha value is -1.62. The first-order valence-electron chi connectivity index (χ1n) is 5.91. The van der Waals surface area contributed by atoms with E-state index in [1.807, 2.05) is 30.3 Å². The van der Waals surface area contributed by atoms with E-state index < -0.39 is 18.2 Å². The number of alkyl halides is 1. The van der Waals surface area contributed by atoms with E-state index in [-0.39, 0.29) is 26.3 Å². The number of likely N-dealkylation sites (tertiary alicyclic amines) is 1. The summed E-state index contributed by atoms with van der Waals surface area (Å²) in [5.41, 5.74) is 0.889. The largest absolute Gasteiger partial charge is 0.445 e. The van der Waals surface area contributed by atoms with Gasteiger partial charge in [-0.2, -0.15) is 0 Å². The highest BCUT2D eigenvalue weighted by Gasteiger charge is 2.35. The molecule has 1 aromatic carbocycles. The third kappa shape index (κ3) is 2.98. The number of carbonyl (C=O) groups excluding carboxylic acids is 1. The maximum Gasteiger partial charge on any atom is 0.410 e. The van der Waals surface area contributed by atoms with E-state index in [9.17, 15) is 9.18 Å². The van der Waals surface area contributed by atoms with Crippen LogP contribution >= 0.6 is 0 Å². The Bertz CT molecular complexity index is 398. The standard InChI is InChI=1S/C13H16FNO3/c14-12-7-15(6-11(12)8-16)13(17)18-9-10-4-2-1-3-5-10/h1-5,11-12,16H,6-9H2/t11-,12-/m0/s1. The number of nitrogens with zero attached hydrogens (tertiary/aromatic N) is 1. The summed E-state index contributed by atoms with van der Waals surface area (Å²) in [5.74, 6) is -0.491. The maximum absolute atomic E-state index is 13.4. The van der Waals surface area contributed by atoms with Crippen molar-refractivity contribution in [3.05, 3.63) is 35.9 Å². The van der Waals surface area contributed by atoms with Crippen LogP contribution < -0.4 is 0 Å². The molecule has 1 aliphatic heterocycles. The highest BCUT2D eigenvalue weighted by molar-refractivity contribution is 5.68. The van der Waals surface area contributed by atoms with E-state index >= 15 is 0 Å². The highest BCUT2D eigenvalue weighted by atomic mass is 19.1. The summed E-state index contributed by atoms with van der Waals surface area (Å²) in [4.78, 5) is 13.0. The van der Waals surface area contributed by atoms with Crippen molar-refractivity contribution >= 4 is 6.09 Å². The van der Waals surface area contributed by atoms with Gasteiger partial charge in [-0.1, -0.05) is 30.3 Å². The SMILES string of the molecule is O=C(OCc1ccccc1)N1C[C@@H](CO)[C@@H](F)C1. The summed E-state index contributed by atoms with van der Waals surface area (Å²) in [6.45, 7) is 0.144. The van der Waals surface area contributed by atoms with Crippen molar-refractivity contribution in [3.63, 3.8) is 0 Å². The molecule has 0 unspecified atom stereocenters. The summed E-state index contributed by atoms with van der Waals surface area (Å²) in [7, 11) is 0. The van der Waals surface area contributed by atoms with Crippen molar-refractivity contribution in [2.45, 2.75) is 12.8 Å². The molecule has 2 rings (SSSR count). The van der Waals surface area contributed by atoms with Crippen LogP contribution in [0, 0.1) is 5.92 Å². The highest BCUT2D eigenvalue weighted by Crippen LogP contribution is 2.20. The van der Waals surface area contributed by atoms with E-state index in [1.54, 1.807) is 0 Å². The number of aliphatic hydroxyl groups excluding tert-OH is 1. The second kappa shape index (κ2) is 5.82. The molecule has 1 saturated heterocycles. The van der Waals surface area contributed by atoms with Crippen LogP contribution in [0.3, 0.4) is 0 Å². The minimum absolute atomic E-state index is 0.00114. The van der Waals surface area contributed by atoms with E-state index in [4.69, 9.17) is 9.84 Å². The predicted octanol–water partition coefficient (Wildman–Crippen LogP) is 1.59. The number of hydrogen-bond donors (Lipinski definition) is 1. The second-order valence-electron chi connectivity index (χ2n) is 4.40. The summed E-state index contributed by atoms with van der Waals surface area (Å²) in [6.07, 6.45) is -1.70.